The number of nitrogens with two attached hydrogens (primary N) is 2. The van der Waals surface area contributed by atoms with E-state index in [9.17, 15) is 14.4 Å². The van der Waals surface area contributed by atoms with Crippen LogP contribution < -0.4 is 22.1 Å². The smallest absolute Gasteiger partial charge is 0.327 e. The fourth-order valence-electron chi connectivity index (χ4n) is 1.58. The second-order valence-corrected chi connectivity index (χ2v) is 5.08. The number of carboxylic acid groups (broad SMARTS) is 1. The maximum absolute atomic E-state index is 12.1. The highest BCUT2D eigenvalue weighted by Gasteiger charge is 2.26. The zero-order valence-corrected chi connectivity index (χ0v) is 13.1. The van der Waals surface area contributed by atoms with Crippen LogP contribution in [0.4, 0.5) is 0 Å². The first-order valence-corrected chi connectivity index (χ1v) is 7.51. The number of carbonyl (C=O) groups is 3. The third-order valence-corrected chi connectivity index (χ3v) is 3.28. The molecule has 0 heterocycles. The SMILES string of the molecule is NCCCCC(NC(=O)C(N)CO)C(=O)NC(CS)C(=O)O. The molecule has 0 saturated carbocycles. The monoisotopic (exact) mass is 336 g/mol. The predicted molar refractivity (Wildman–Crippen MR) is 83.3 cm³/mol. The minimum Gasteiger partial charge on any atom is -0.480 e. The van der Waals surface area contributed by atoms with Gasteiger partial charge in [-0.2, -0.15) is 12.6 Å². The Morgan fingerprint density at radius 1 is 1.09 bits per heavy atom. The Morgan fingerprint density at radius 3 is 2.14 bits per heavy atom. The molecule has 0 rings (SSSR count). The molecule has 0 fully saturated rings. The fraction of sp³-hybridized carbons (Fsp3) is 0.750. The molecular formula is C12H24N4O5S. The fourth-order valence-corrected chi connectivity index (χ4v) is 1.83. The van der Waals surface area contributed by atoms with Crippen molar-refractivity contribution in [3.05, 3.63) is 0 Å². The summed E-state index contributed by atoms with van der Waals surface area (Å²) in [5, 5.41) is 22.4. The lowest BCUT2D eigenvalue weighted by atomic mass is 10.1. The highest BCUT2D eigenvalue weighted by Crippen LogP contribution is 2.02. The van der Waals surface area contributed by atoms with Crippen LogP contribution in [0.2, 0.25) is 0 Å². The molecule has 0 aromatic heterocycles. The van der Waals surface area contributed by atoms with Crippen LogP contribution >= 0.6 is 12.6 Å². The summed E-state index contributed by atoms with van der Waals surface area (Å²) in [6.45, 7) is -0.121. The Labute approximate surface area is 134 Å². The number of amides is 2. The van der Waals surface area contributed by atoms with Crippen molar-refractivity contribution < 1.29 is 24.6 Å². The third kappa shape index (κ3) is 7.59. The van der Waals surface area contributed by atoms with Crippen LogP contribution in [0.5, 0.6) is 0 Å². The number of thiol groups is 1. The van der Waals surface area contributed by atoms with Gasteiger partial charge in [-0.1, -0.05) is 0 Å². The van der Waals surface area contributed by atoms with E-state index < -0.39 is 42.5 Å². The van der Waals surface area contributed by atoms with Crippen molar-refractivity contribution in [3.8, 4) is 0 Å². The molecule has 0 radical (unpaired) electrons. The highest BCUT2D eigenvalue weighted by molar-refractivity contribution is 7.80. The van der Waals surface area contributed by atoms with Crippen LogP contribution in [0.3, 0.4) is 0 Å². The zero-order chi connectivity index (χ0) is 17.1. The average molecular weight is 336 g/mol. The number of aliphatic hydroxyl groups excluding tert-OH is 1. The van der Waals surface area contributed by atoms with Gasteiger partial charge in [-0.25, -0.2) is 4.79 Å². The topological polar surface area (TPSA) is 168 Å². The summed E-state index contributed by atoms with van der Waals surface area (Å²) in [7, 11) is 0. The van der Waals surface area contributed by atoms with Gasteiger partial charge in [0.05, 0.1) is 6.61 Å². The Balaban J connectivity index is 4.78. The largest absolute Gasteiger partial charge is 0.480 e. The first kappa shape index (κ1) is 20.6. The van der Waals surface area contributed by atoms with Crippen molar-refractivity contribution in [1.29, 1.82) is 0 Å². The van der Waals surface area contributed by atoms with E-state index in [2.05, 4.69) is 23.3 Å². The van der Waals surface area contributed by atoms with Gasteiger partial charge in [-0.05, 0) is 25.8 Å². The summed E-state index contributed by atoms with van der Waals surface area (Å²) in [4.78, 5) is 34.7. The number of carbonyl (C=O) groups excluding carboxylic acids is 2. The molecule has 0 saturated heterocycles. The van der Waals surface area contributed by atoms with Gasteiger partial charge in [-0.15, -0.1) is 0 Å². The molecule has 0 aromatic carbocycles. The van der Waals surface area contributed by atoms with Crippen molar-refractivity contribution in [1.82, 2.24) is 10.6 Å². The van der Waals surface area contributed by atoms with Crippen molar-refractivity contribution in [2.75, 3.05) is 18.9 Å². The van der Waals surface area contributed by atoms with Gasteiger partial charge in [0.25, 0.3) is 0 Å². The number of carboxylic acids is 1. The molecule has 9 nitrogen and oxygen atoms in total. The molecule has 0 bridgehead atoms. The molecule has 2 amide bonds. The molecule has 0 aliphatic carbocycles. The van der Waals surface area contributed by atoms with Gasteiger partial charge in [0, 0.05) is 5.75 Å². The molecule has 10 heteroatoms. The number of hydrogen-bond acceptors (Lipinski definition) is 7. The van der Waals surface area contributed by atoms with E-state index in [4.69, 9.17) is 21.7 Å². The normalized spacial score (nSPS) is 14.7. The van der Waals surface area contributed by atoms with E-state index >= 15 is 0 Å². The molecule has 3 unspecified atom stereocenters. The first-order valence-electron chi connectivity index (χ1n) is 6.88. The molecule has 8 N–H and O–H groups in total. The summed E-state index contributed by atoms with van der Waals surface area (Å²) < 4.78 is 0. The van der Waals surface area contributed by atoms with E-state index in [0.29, 0.717) is 19.4 Å². The van der Waals surface area contributed by atoms with Gasteiger partial charge in [0.2, 0.25) is 11.8 Å². The number of aliphatic carboxylic acids is 1. The van der Waals surface area contributed by atoms with Crippen molar-refractivity contribution in [2.24, 2.45) is 11.5 Å². The van der Waals surface area contributed by atoms with Crippen LogP contribution in [0.15, 0.2) is 0 Å². The summed E-state index contributed by atoms with van der Waals surface area (Å²) in [6.07, 6.45) is 1.51. The lowest BCUT2D eigenvalue weighted by molar-refractivity contribution is -0.141. The standard InChI is InChI=1S/C12H24N4O5S/c13-4-2-1-3-8(15-10(18)7(14)5-17)11(19)16-9(6-22)12(20)21/h7-9,17,22H,1-6,13-14H2,(H,15,18)(H,16,19)(H,20,21). The summed E-state index contributed by atoms with van der Waals surface area (Å²) in [6, 6.07) is -3.25. The number of hydrogen-bond donors (Lipinski definition) is 7. The van der Waals surface area contributed by atoms with Crippen LogP contribution in [-0.2, 0) is 14.4 Å². The Kier molecular flexibility index (Phi) is 10.5. The lowest BCUT2D eigenvalue weighted by Crippen LogP contribution is -2.55. The van der Waals surface area contributed by atoms with Gasteiger partial charge in [0.1, 0.15) is 18.1 Å². The van der Waals surface area contributed by atoms with Crippen LogP contribution in [0.25, 0.3) is 0 Å². The number of unbranched alkanes of at least 4 members (excludes halogenated alkanes) is 1. The third-order valence-electron chi connectivity index (χ3n) is 2.91. The quantitative estimate of drug-likeness (QED) is 0.160. The summed E-state index contributed by atoms with van der Waals surface area (Å²) >= 11 is 3.85. The molecular weight excluding hydrogens is 312 g/mol. The number of aliphatic hydroxyl groups is 1. The van der Waals surface area contributed by atoms with Gasteiger partial charge < -0.3 is 32.3 Å². The Hall–Kier alpha value is -1.36. The predicted octanol–water partition coefficient (Wildman–Crippen LogP) is -2.58. The minimum absolute atomic E-state index is 0.0826. The average Bonchev–Trinajstić information content (AvgIpc) is 2.49. The molecule has 0 aliphatic heterocycles. The van der Waals surface area contributed by atoms with E-state index in [1.807, 2.05) is 0 Å². The second kappa shape index (κ2) is 11.2. The molecule has 0 aliphatic rings. The lowest BCUT2D eigenvalue weighted by Gasteiger charge is -2.22. The molecule has 128 valence electrons. The van der Waals surface area contributed by atoms with Crippen molar-refractivity contribution >= 4 is 30.4 Å². The number of rotatable bonds is 11. The molecule has 3 atom stereocenters. The van der Waals surface area contributed by atoms with Crippen molar-refractivity contribution in [3.63, 3.8) is 0 Å². The van der Waals surface area contributed by atoms with Crippen LogP contribution in [-0.4, -0.2) is 65.0 Å². The second-order valence-electron chi connectivity index (χ2n) is 4.72. The highest BCUT2D eigenvalue weighted by atomic mass is 32.1. The number of nitrogens with one attached hydrogen (secondary N) is 2. The zero-order valence-electron chi connectivity index (χ0n) is 12.2. The van der Waals surface area contributed by atoms with E-state index in [1.165, 1.54) is 0 Å². The summed E-state index contributed by atoms with van der Waals surface area (Å²) in [5.74, 6) is -2.63. The van der Waals surface area contributed by atoms with Gasteiger partial charge in [-0.3, -0.25) is 9.59 Å². The minimum atomic E-state index is -1.22. The molecule has 0 aromatic rings. The Bertz CT molecular complexity index is 383. The van der Waals surface area contributed by atoms with Crippen molar-refractivity contribution in [2.45, 2.75) is 37.4 Å². The maximum Gasteiger partial charge on any atom is 0.327 e. The Morgan fingerprint density at radius 2 is 1.68 bits per heavy atom. The van der Waals surface area contributed by atoms with Gasteiger partial charge in [0.15, 0.2) is 0 Å². The van der Waals surface area contributed by atoms with Crippen LogP contribution in [0, 0.1) is 0 Å². The van der Waals surface area contributed by atoms with Gasteiger partial charge >= 0.3 is 5.97 Å². The molecule has 22 heavy (non-hydrogen) atoms. The summed E-state index contributed by atoms with van der Waals surface area (Å²) in [5.41, 5.74) is 10.8. The first-order chi connectivity index (χ1) is 10.4. The van der Waals surface area contributed by atoms with E-state index in [1.54, 1.807) is 0 Å². The van der Waals surface area contributed by atoms with E-state index in [-0.39, 0.29) is 12.2 Å². The van der Waals surface area contributed by atoms with E-state index in [0.717, 1.165) is 0 Å². The van der Waals surface area contributed by atoms with Crippen LogP contribution in [0.1, 0.15) is 19.3 Å². The maximum atomic E-state index is 12.1. The molecule has 0 spiro atoms.